The molecule has 0 spiro atoms. The standard InChI is InChI=1S/C96H106O22/c1-7-8-9-10-11-36-57-102-93-86(105-59-68-39-22-13-23-40-68)82(78(64(3)108-93)113-90(98)73-47-30-17-31-48-73)116-95-88(107-61-70-43-26-15-27-44-70)84(80(66(5)110-95)115-92(100)75-51-34-19-35-52-75)118-96-87(106-60-69-41-24-14-25-42-69)83(79(65(4)111-96)114-91(99)74-49-32-18-33-50-74)117-94-85(104-58-67-37-20-12-21-38-67)81(103-62-71-53-55-76(101-6)56-54-71)77(63(2)109-94)112-89(97)72-45-28-16-29-46-72/h12-35,37-56,63-66,77-88,93-96H,7-11,36,57-62H2,1-6H3/t63-,64-,65-,66-,77+,78+,79+,80+,81+,82+,83+,84+,85-,86-,87-,88-,93-,94-,95-,96-/m0/s1. The molecule has 622 valence electrons. The van der Waals surface area contributed by atoms with E-state index in [-0.39, 0.29) is 55.3 Å². The third-order valence-electron chi connectivity index (χ3n) is 21.3. The number of hydrogen-bond acceptors (Lipinski definition) is 22. The molecule has 0 amide bonds. The summed E-state index contributed by atoms with van der Waals surface area (Å²) in [4.78, 5) is 59.3. The zero-order valence-corrected chi connectivity index (χ0v) is 67.4. The Bertz CT molecular complexity index is 4470. The average Bonchev–Trinajstić information content (AvgIpc) is 0.759. The van der Waals surface area contributed by atoms with Crippen molar-refractivity contribution in [2.45, 2.75) is 229 Å². The van der Waals surface area contributed by atoms with Crippen LogP contribution in [-0.4, -0.2) is 160 Å². The Labute approximate surface area is 690 Å². The van der Waals surface area contributed by atoms with Crippen molar-refractivity contribution < 1.29 is 104 Å². The second-order valence-electron chi connectivity index (χ2n) is 29.9. The summed E-state index contributed by atoms with van der Waals surface area (Å²) in [5, 5.41) is 0. The largest absolute Gasteiger partial charge is 0.497 e. The van der Waals surface area contributed by atoms with Gasteiger partial charge in [0.05, 0.1) is 86.8 Å². The molecule has 9 aromatic rings. The van der Waals surface area contributed by atoms with Gasteiger partial charge in [0.15, 0.2) is 49.6 Å². The zero-order chi connectivity index (χ0) is 82.0. The molecule has 0 bridgehead atoms. The molecule has 13 rings (SSSR count). The molecule has 0 radical (unpaired) electrons. The molecule has 4 aliphatic heterocycles. The van der Waals surface area contributed by atoms with Crippen molar-refractivity contribution >= 4 is 23.9 Å². The first-order valence-corrected chi connectivity index (χ1v) is 40.9. The van der Waals surface area contributed by atoms with Crippen LogP contribution in [0.3, 0.4) is 0 Å². The van der Waals surface area contributed by atoms with Crippen LogP contribution in [0.1, 0.15) is 142 Å². The topological polar surface area (TPSA) is 234 Å². The number of unbranched alkanes of at least 4 members (excludes halogenated alkanes) is 5. The predicted molar refractivity (Wildman–Crippen MR) is 436 cm³/mol. The van der Waals surface area contributed by atoms with Gasteiger partial charge in [-0.3, -0.25) is 0 Å². The highest BCUT2D eigenvalue weighted by molar-refractivity contribution is 5.91. The van der Waals surface area contributed by atoms with Crippen LogP contribution in [0.15, 0.2) is 267 Å². The first kappa shape index (κ1) is 86.0. The minimum atomic E-state index is -1.61. The van der Waals surface area contributed by atoms with Crippen LogP contribution >= 0.6 is 0 Å². The first-order chi connectivity index (χ1) is 57.7. The number of carbonyl (C=O) groups is 4. The van der Waals surface area contributed by atoms with Gasteiger partial charge in [0.2, 0.25) is 0 Å². The van der Waals surface area contributed by atoms with E-state index in [1.807, 2.05) is 152 Å². The fraction of sp³-hybridized carbons (Fsp3) is 0.396. The van der Waals surface area contributed by atoms with E-state index in [4.69, 9.17) is 85.3 Å². The van der Waals surface area contributed by atoms with E-state index >= 15 is 9.59 Å². The zero-order valence-electron chi connectivity index (χ0n) is 67.4. The summed E-state index contributed by atoms with van der Waals surface area (Å²) < 4.78 is 126. The highest BCUT2D eigenvalue weighted by atomic mass is 16.8. The van der Waals surface area contributed by atoms with Crippen molar-refractivity contribution in [2.75, 3.05) is 13.7 Å². The molecule has 0 saturated carbocycles. The van der Waals surface area contributed by atoms with Crippen LogP contribution in [0.5, 0.6) is 5.75 Å². The summed E-state index contributed by atoms with van der Waals surface area (Å²) in [6, 6.07) is 79.7. The number of hydrogen-bond donors (Lipinski definition) is 0. The maximum atomic E-state index is 15.1. The Morgan fingerprint density at radius 2 is 0.508 bits per heavy atom. The second-order valence-corrected chi connectivity index (χ2v) is 29.9. The number of carbonyl (C=O) groups excluding carboxylic acids is 4. The summed E-state index contributed by atoms with van der Waals surface area (Å²) in [5.41, 5.74) is 4.81. The van der Waals surface area contributed by atoms with E-state index in [1.165, 1.54) is 0 Å². The van der Waals surface area contributed by atoms with E-state index in [0.717, 1.165) is 66.3 Å². The van der Waals surface area contributed by atoms with Gasteiger partial charge in [-0.25, -0.2) is 19.2 Å². The Hall–Kier alpha value is -9.86. The maximum Gasteiger partial charge on any atom is 0.338 e. The Kier molecular flexibility index (Phi) is 31.9. The number of methoxy groups -OCH3 is 1. The fourth-order valence-electron chi connectivity index (χ4n) is 15.0. The normalized spacial score (nSPS) is 26.9. The molecule has 0 aliphatic carbocycles. The number of rotatable bonds is 38. The molecule has 0 unspecified atom stereocenters. The number of esters is 4. The van der Waals surface area contributed by atoms with Crippen LogP contribution in [0.2, 0.25) is 0 Å². The summed E-state index contributed by atoms with van der Waals surface area (Å²) in [5.74, 6) is -2.13. The summed E-state index contributed by atoms with van der Waals surface area (Å²) in [6.07, 6.45) is -19.7. The van der Waals surface area contributed by atoms with Gasteiger partial charge < -0.3 is 85.3 Å². The second kappa shape index (κ2) is 43.7. The third-order valence-corrected chi connectivity index (χ3v) is 21.3. The Balaban J connectivity index is 0.940. The van der Waals surface area contributed by atoms with Crippen molar-refractivity contribution in [3.05, 3.63) is 317 Å². The molecule has 22 heteroatoms. The first-order valence-electron chi connectivity index (χ1n) is 40.9. The molecule has 0 N–H and O–H groups in total. The monoisotopic (exact) mass is 1610 g/mol. The van der Waals surface area contributed by atoms with E-state index < -0.39 is 147 Å². The lowest BCUT2D eigenvalue weighted by Gasteiger charge is -2.51. The Morgan fingerprint density at radius 1 is 0.263 bits per heavy atom. The average molecular weight is 1610 g/mol. The van der Waals surface area contributed by atoms with E-state index in [0.29, 0.717) is 12.4 Å². The molecule has 118 heavy (non-hydrogen) atoms. The SMILES string of the molecule is CCCCCCCCO[C@H]1O[C@@H](C)[C@@H](OC(=O)c2ccccc2)[C@@H](O[C@@H]2O[C@@H](C)[C@@H](OC(=O)c3ccccc3)[C@@H](O[C@@H]3O[C@@H](C)[C@@H](OC(=O)c4ccccc4)[C@@H](O[C@@H]4O[C@@H](C)[C@@H](OC(=O)c5ccccc5)[C@@H](OCc5ccc(OC)cc5)[C@@H]4OCc4ccccc4)[C@@H]3OCc3ccccc3)[C@@H]2OCc2ccccc2)[C@@H]1OCc1ccccc1. The van der Waals surface area contributed by atoms with Gasteiger partial charge in [-0.1, -0.05) is 245 Å². The van der Waals surface area contributed by atoms with Crippen LogP contribution < -0.4 is 4.74 Å². The van der Waals surface area contributed by atoms with Gasteiger partial charge in [-0.15, -0.1) is 0 Å². The van der Waals surface area contributed by atoms with Crippen LogP contribution in [0.25, 0.3) is 0 Å². The van der Waals surface area contributed by atoms with Gasteiger partial charge >= 0.3 is 23.9 Å². The van der Waals surface area contributed by atoms with Gasteiger partial charge in [0.25, 0.3) is 0 Å². The van der Waals surface area contributed by atoms with E-state index in [2.05, 4.69) is 6.92 Å². The molecule has 9 aromatic carbocycles. The minimum Gasteiger partial charge on any atom is -0.497 e. The molecule has 20 atom stereocenters. The highest BCUT2D eigenvalue weighted by Crippen LogP contribution is 2.42. The summed E-state index contributed by atoms with van der Waals surface area (Å²) in [6.45, 7) is 9.29. The summed E-state index contributed by atoms with van der Waals surface area (Å²) >= 11 is 0. The third kappa shape index (κ3) is 23.4. The van der Waals surface area contributed by atoms with Crippen molar-refractivity contribution in [2.24, 2.45) is 0 Å². The lowest BCUT2D eigenvalue weighted by molar-refractivity contribution is -0.393. The predicted octanol–water partition coefficient (Wildman–Crippen LogP) is 16.3. The van der Waals surface area contributed by atoms with Crippen molar-refractivity contribution in [1.29, 1.82) is 0 Å². The van der Waals surface area contributed by atoms with Gasteiger partial charge in [-0.05, 0) is 123 Å². The summed E-state index contributed by atoms with van der Waals surface area (Å²) in [7, 11) is 1.59. The Morgan fingerprint density at radius 3 is 0.814 bits per heavy atom. The number of ether oxygens (including phenoxy) is 18. The minimum absolute atomic E-state index is 0.0111. The quantitative estimate of drug-likeness (QED) is 0.0199. The molecule has 0 aromatic heterocycles. The maximum absolute atomic E-state index is 15.1. The molecule has 4 heterocycles. The highest BCUT2D eigenvalue weighted by Gasteiger charge is 2.59. The van der Waals surface area contributed by atoms with Gasteiger partial charge in [0, 0.05) is 6.61 Å². The van der Waals surface area contributed by atoms with Crippen LogP contribution in [0, 0.1) is 0 Å². The molecular weight excluding hydrogens is 1510 g/mol. The fourth-order valence-corrected chi connectivity index (χ4v) is 15.0. The smallest absolute Gasteiger partial charge is 0.338 e. The molecule has 4 fully saturated rings. The van der Waals surface area contributed by atoms with Crippen molar-refractivity contribution in [3.63, 3.8) is 0 Å². The van der Waals surface area contributed by atoms with Crippen molar-refractivity contribution in [3.8, 4) is 5.75 Å². The van der Waals surface area contributed by atoms with E-state index in [9.17, 15) is 9.59 Å². The van der Waals surface area contributed by atoms with Crippen LogP contribution in [-0.2, 0) is 114 Å². The van der Waals surface area contributed by atoms with Gasteiger partial charge in [0.1, 0.15) is 54.6 Å². The molecule has 22 nitrogen and oxygen atoms in total. The lowest BCUT2D eigenvalue weighted by Crippen LogP contribution is -2.68. The molecule has 4 saturated heterocycles. The van der Waals surface area contributed by atoms with Gasteiger partial charge in [-0.2, -0.15) is 0 Å². The van der Waals surface area contributed by atoms with Crippen LogP contribution in [0.4, 0.5) is 0 Å². The molecular formula is C96H106O22. The van der Waals surface area contributed by atoms with E-state index in [1.54, 1.807) is 150 Å². The number of benzene rings is 9. The molecule has 4 aliphatic rings. The lowest BCUT2D eigenvalue weighted by atomic mass is 9.95. The van der Waals surface area contributed by atoms with Crippen molar-refractivity contribution in [1.82, 2.24) is 0 Å².